The molecule has 0 radical (unpaired) electrons. The predicted molar refractivity (Wildman–Crippen MR) is 51.6 cm³/mol. The van der Waals surface area contributed by atoms with Gasteiger partial charge in [-0.3, -0.25) is 4.79 Å². The van der Waals surface area contributed by atoms with E-state index < -0.39 is 11.4 Å². The molecule has 1 aliphatic heterocycles. The van der Waals surface area contributed by atoms with Crippen LogP contribution in [0.3, 0.4) is 0 Å². The number of carboxylic acid groups (broad SMARTS) is 1. The standard InChI is InChI=1S/C10H19NO2/c1-3-8-7-11-6-5-10(8,4-2)9(12)13/h8,11H,3-7H2,1-2H3,(H,12,13). The normalized spacial score (nSPS) is 34.5. The molecule has 0 saturated carbocycles. The van der Waals surface area contributed by atoms with Crippen molar-refractivity contribution in [2.24, 2.45) is 11.3 Å². The molecule has 0 amide bonds. The van der Waals surface area contributed by atoms with E-state index in [0.29, 0.717) is 5.92 Å². The summed E-state index contributed by atoms with van der Waals surface area (Å²) in [5.41, 5.74) is -0.458. The molecule has 1 rings (SSSR count). The summed E-state index contributed by atoms with van der Waals surface area (Å²) in [7, 11) is 0. The van der Waals surface area contributed by atoms with Gasteiger partial charge in [-0.05, 0) is 31.8 Å². The third-order valence-corrected chi connectivity index (χ3v) is 3.47. The van der Waals surface area contributed by atoms with E-state index in [2.05, 4.69) is 12.2 Å². The summed E-state index contributed by atoms with van der Waals surface area (Å²) < 4.78 is 0. The summed E-state index contributed by atoms with van der Waals surface area (Å²) in [6.45, 7) is 5.76. The molecule has 3 heteroatoms. The lowest BCUT2D eigenvalue weighted by Crippen LogP contribution is -2.49. The zero-order valence-electron chi connectivity index (χ0n) is 8.47. The first kappa shape index (κ1) is 10.5. The Labute approximate surface area is 79.5 Å². The monoisotopic (exact) mass is 185 g/mol. The Bertz CT molecular complexity index is 193. The largest absolute Gasteiger partial charge is 0.481 e. The van der Waals surface area contributed by atoms with Gasteiger partial charge in [-0.2, -0.15) is 0 Å². The topological polar surface area (TPSA) is 49.3 Å². The minimum atomic E-state index is -0.608. The van der Waals surface area contributed by atoms with Gasteiger partial charge in [0.15, 0.2) is 0 Å². The van der Waals surface area contributed by atoms with Gasteiger partial charge in [0.25, 0.3) is 0 Å². The van der Waals surface area contributed by atoms with E-state index >= 15 is 0 Å². The molecule has 76 valence electrons. The van der Waals surface area contributed by atoms with Gasteiger partial charge in [0, 0.05) is 0 Å². The van der Waals surface area contributed by atoms with Crippen LogP contribution >= 0.6 is 0 Å². The lowest BCUT2D eigenvalue weighted by Gasteiger charge is -2.40. The first-order valence-corrected chi connectivity index (χ1v) is 5.11. The molecule has 1 fully saturated rings. The molecule has 2 unspecified atom stereocenters. The number of hydrogen-bond donors (Lipinski definition) is 2. The fraction of sp³-hybridized carbons (Fsp3) is 0.900. The summed E-state index contributed by atoms with van der Waals surface area (Å²) in [5, 5.41) is 12.5. The Morgan fingerprint density at radius 2 is 2.31 bits per heavy atom. The van der Waals surface area contributed by atoms with Crippen LogP contribution in [0.15, 0.2) is 0 Å². The highest BCUT2D eigenvalue weighted by molar-refractivity contribution is 5.75. The van der Waals surface area contributed by atoms with E-state index in [0.717, 1.165) is 32.4 Å². The number of piperidine rings is 1. The third kappa shape index (κ3) is 1.70. The van der Waals surface area contributed by atoms with E-state index in [1.807, 2.05) is 6.92 Å². The van der Waals surface area contributed by atoms with Gasteiger partial charge in [0.05, 0.1) is 5.41 Å². The Hall–Kier alpha value is -0.570. The van der Waals surface area contributed by atoms with Crippen molar-refractivity contribution in [3.8, 4) is 0 Å². The van der Waals surface area contributed by atoms with Crippen molar-refractivity contribution in [2.45, 2.75) is 33.1 Å². The van der Waals surface area contributed by atoms with Crippen LogP contribution < -0.4 is 5.32 Å². The fourth-order valence-corrected chi connectivity index (χ4v) is 2.42. The molecule has 0 bridgehead atoms. The van der Waals surface area contributed by atoms with Crippen molar-refractivity contribution < 1.29 is 9.90 Å². The van der Waals surface area contributed by atoms with Gasteiger partial charge in [0.2, 0.25) is 0 Å². The molecule has 3 nitrogen and oxygen atoms in total. The van der Waals surface area contributed by atoms with Crippen LogP contribution in [0.2, 0.25) is 0 Å². The molecule has 0 aromatic rings. The van der Waals surface area contributed by atoms with Crippen molar-refractivity contribution in [3.05, 3.63) is 0 Å². The number of carboxylic acids is 1. The van der Waals surface area contributed by atoms with Crippen molar-refractivity contribution in [1.82, 2.24) is 5.32 Å². The Kier molecular flexibility index (Phi) is 3.31. The minimum absolute atomic E-state index is 0.295. The maximum Gasteiger partial charge on any atom is 0.310 e. The maximum atomic E-state index is 11.2. The van der Waals surface area contributed by atoms with Crippen LogP contribution in [0.5, 0.6) is 0 Å². The fourth-order valence-electron chi connectivity index (χ4n) is 2.42. The first-order chi connectivity index (χ1) is 6.17. The SMILES string of the molecule is CCC1CNCCC1(CC)C(=O)O. The average molecular weight is 185 g/mol. The Balaban J connectivity index is 2.84. The highest BCUT2D eigenvalue weighted by Crippen LogP contribution is 2.39. The number of aliphatic carboxylic acids is 1. The quantitative estimate of drug-likeness (QED) is 0.700. The molecule has 2 N–H and O–H groups in total. The van der Waals surface area contributed by atoms with Crippen molar-refractivity contribution in [2.75, 3.05) is 13.1 Å². The van der Waals surface area contributed by atoms with Crippen LogP contribution in [-0.2, 0) is 4.79 Å². The van der Waals surface area contributed by atoms with Gasteiger partial charge in [-0.1, -0.05) is 20.3 Å². The van der Waals surface area contributed by atoms with Crippen LogP contribution in [0, 0.1) is 11.3 Å². The van der Waals surface area contributed by atoms with E-state index in [9.17, 15) is 9.90 Å². The highest BCUT2D eigenvalue weighted by atomic mass is 16.4. The zero-order chi connectivity index (χ0) is 9.90. The van der Waals surface area contributed by atoms with E-state index in [1.165, 1.54) is 0 Å². The maximum absolute atomic E-state index is 11.2. The van der Waals surface area contributed by atoms with Crippen molar-refractivity contribution in [1.29, 1.82) is 0 Å². The average Bonchev–Trinajstić information content (AvgIpc) is 2.17. The van der Waals surface area contributed by atoms with E-state index in [1.54, 1.807) is 0 Å². The third-order valence-electron chi connectivity index (χ3n) is 3.47. The molecular weight excluding hydrogens is 166 g/mol. The van der Waals surface area contributed by atoms with Gasteiger partial charge in [-0.25, -0.2) is 0 Å². The molecule has 13 heavy (non-hydrogen) atoms. The molecule has 0 spiro atoms. The van der Waals surface area contributed by atoms with Crippen LogP contribution in [0.1, 0.15) is 33.1 Å². The Morgan fingerprint density at radius 3 is 2.69 bits per heavy atom. The minimum Gasteiger partial charge on any atom is -0.481 e. The van der Waals surface area contributed by atoms with Gasteiger partial charge >= 0.3 is 5.97 Å². The first-order valence-electron chi connectivity index (χ1n) is 5.11. The second kappa shape index (κ2) is 4.09. The molecule has 1 heterocycles. The summed E-state index contributed by atoms with van der Waals surface area (Å²) >= 11 is 0. The van der Waals surface area contributed by atoms with Gasteiger partial charge in [-0.15, -0.1) is 0 Å². The Morgan fingerprint density at radius 1 is 1.62 bits per heavy atom. The van der Waals surface area contributed by atoms with Gasteiger partial charge < -0.3 is 10.4 Å². The molecule has 2 atom stereocenters. The molecule has 0 aliphatic carbocycles. The number of hydrogen-bond acceptors (Lipinski definition) is 2. The lowest BCUT2D eigenvalue weighted by atomic mass is 9.68. The highest BCUT2D eigenvalue weighted by Gasteiger charge is 2.44. The molecule has 0 aromatic heterocycles. The summed E-state index contributed by atoms with van der Waals surface area (Å²) in [5.74, 6) is -0.313. The van der Waals surface area contributed by atoms with Crippen LogP contribution in [-0.4, -0.2) is 24.2 Å². The van der Waals surface area contributed by atoms with E-state index in [-0.39, 0.29) is 0 Å². The van der Waals surface area contributed by atoms with Crippen LogP contribution in [0.25, 0.3) is 0 Å². The summed E-state index contributed by atoms with van der Waals surface area (Å²) in [4.78, 5) is 11.2. The number of nitrogens with one attached hydrogen (secondary N) is 1. The van der Waals surface area contributed by atoms with Crippen molar-refractivity contribution >= 4 is 5.97 Å². The van der Waals surface area contributed by atoms with Crippen molar-refractivity contribution in [3.63, 3.8) is 0 Å². The molecule has 0 aromatic carbocycles. The van der Waals surface area contributed by atoms with Gasteiger partial charge in [0.1, 0.15) is 0 Å². The smallest absolute Gasteiger partial charge is 0.310 e. The molecule has 1 saturated heterocycles. The molecular formula is C10H19NO2. The second-order valence-electron chi connectivity index (χ2n) is 3.87. The second-order valence-corrected chi connectivity index (χ2v) is 3.87. The summed E-state index contributed by atoms with van der Waals surface area (Å²) in [6.07, 6.45) is 2.48. The number of carbonyl (C=O) groups is 1. The predicted octanol–water partition coefficient (Wildman–Crippen LogP) is 1.49. The molecule has 1 aliphatic rings. The zero-order valence-corrected chi connectivity index (χ0v) is 8.47. The lowest BCUT2D eigenvalue weighted by molar-refractivity contribution is -0.155. The summed E-state index contributed by atoms with van der Waals surface area (Å²) in [6, 6.07) is 0. The van der Waals surface area contributed by atoms with E-state index in [4.69, 9.17) is 0 Å². The van der Waals surface area contributed by atoms with Crippen LogP contribution in [0.4, 0.5) is 0 Å². The number of rotatable bonds is 3.